The highest BCUT2D eigenvalue weighted by atomic mass is 35.5. The summed E-state index contributed by atoms with van der Waals surface area (Å²) in [6, 6.07) is 12.7. The zero-order valence-electron chi connectivity index (χ0n) is 9.19. The Balaban J connectivity index is 1.98. The van der Waals surface area contributed by atoms with Crippen molar-refractivity contribution in [2.24, 2.45) is 0 Å². The number of anilines is 1. The summed E-state index contributed by atoms with van der Waals surface area (Å²) in [4.78, 5) is 12.4. The Morgan fingerprint density at radius 1 is 1.17 bits per heavy atom. The SMILES string of the molecule is O=C(Nc1cccc(F)c1)Sc1ccc(Cl)cc1. The van der Waals surface area contributed by atoms with Crippen LogP contribution in [0.1, 0.15) is 0 Å². The molecule has 0 atom stereocenters. The Bertz CT molecular complexity index is 559. The third-order valence-corrected chi connectivity index (χ3v) is 3.14. The summed E-state index contributed by atoms with van der Waals surface area (Å²) >= 11 is 6.77. The van der Waals surface area contributed by atoms with E-state index in [2.05, 4.69) is 5.32 Å². The smallest absolute Gasteiger partial charge is 0.288 e. The van der Waals surface area contributed by atoms with E-state index in [4.69, 9.17) is 11.6 Å². The molecule has 2 nitrogen and oxygen atoms in total. The van der Waals surface area contributed by atoms with Crippen LogP contribution in [0.15, 0.2) is 53.4 Å². The molecule has 0 spiro atoms. The second kappa shape index (κ2) is 5.89. The topological polar surface area (TPSA) is 29.1 Å². The summed E-state index contributed by atoms with van der Waals surface area (Å²) in [5.41, 5.74) is 0.432. The van der Waals surface area contributed by atoms with Crippen molar-refractivity contribution in [3.05, 3.63) is 59.4 Å². The van der Waals surface area contributed by atoms with Crippen LogP contribution in [0.4, 0.5) is 14.9 Å². The van der Waals surface area contributed by atoms with E-state index in [1.165, 1.54) is 18.2 Å². The van der Waals surface area contributed by atoms with Crippen molar-refractivity contribution in [2.45, 2.75) is 4.90 Å². The summed E-state index contributed by atoms with van der Waals surface area (Å²) in [5, 5.41) is 2.94. The average Bonchev–Trinajstić information content (AvgIpc) is 2.32. The molecule has 1 amide bonds. The first-order valence-electron chi connectivity index (χ1n) is 5.13. The number of carbonyl (C=O) groups excluding carboxylic acids is 1. The molecule has 0 radical (unpaired) electrons. The van der Waals surface area contributed by atoms with Gasteiger partial charge in [0.1, 0.15) is 5.82 Å². The number of carbonyl (C=O) groups is 1. The maximum atomic E-state index is 12.9. The number of benzene rings is 2. The molecular formula is C13H9ClFNOS. The standard InChI is InChI=1S/C13H9ClFNOS/c14-9-4-6-12(7-5-9)18-13(17)16-11-3-1-2-10(15)8-11/h1-8H,(H,16,17). The van der Waals surface area contributed by atoms with E-state index in [-0.39, 0.29) is 11.1 Å². The largest absolute Gasteiger partial charge is 0.316 e. The maximum Gasteiger partial charge on any atom is 0.288 e. The van der Waals surface area contributed by atoms with Gasteiger partial charge in [0.15, 0.2) is 0 Å². The first kappa shape index (κ1) is 12.9. The van der Waals surface area contributed by atoms with Gasteiger partial charge in [-0.25, -0.2) is 4.39 Å². The molecule has 0 fully saturated rings. The third-order valence-electron chi connectivity index (χ3n) is 2.10. The number of hydrogen-bond donors (Lipinski definition) is 1. The van der Waals surface area contributed by atoms with Crippen molar-refractivity contribution in [1.82, 2.24) is 0 Å². The molecule has 0 aliphatic rings. The Morgan fingerprint density at radius 3 is 2.56 bits per heavy atom. The van der Waals surface area contributed by atoms with Crippen molar-refractivity contribution in [2.75, 3.05) is 5.32 Å². The molecule has 0 aliphatic heterocycles. The Kier molecular flexibility index (Phi) is 4.23. The number of amides is 1. The molecule has 0 bridgehead atoms. The minimum absolute atomic E-state index is 0.275. The lowest BCUT2D eigenvalue weighted by atomic mass is 10.3. The van der Waals surface area contributed by atoms with Gasteiger partial charge in [-0.15, -0.1) is 0 Å². The van der Waals surface area contributed by atoms with Gasteiger partial charge < -0.3 is 5.32 Å². The molecular weight excluding hydrogens is 273 g/mol. The lowest BCUT2D eigenvalue weighted by Crippen LogP contribution is -2.04. The Hall–Kier alpha value is -1.52. The van der Waals surface area contributed by atoms with E-state index in [0.29, 0.717) is 10.7 Å². The van der Waals surface area contributed by atoms with Gasteiger partial charge in [-0.05, 0) is 54.2 Å². The van der Waals surface area contributed by atoms with Gasteiger partial charge in [0.25, 0.3) is 5.24 Å². The highest BCUT2D eigenvalue weighted by molar-refractivity contribution is 8.13. The van der Waals surface area contributed by atoms with Crippen LogP contribution in [0.5, 0.6) is 0 Å². The van der Waals surface area contributed by atoms with Crippen LogP contribution in [0.25, 0.3) is 0 Å². The van der Waals surface area contributed by atoms with Crippen LogP contribution in [0.2, 0.25) is 5.02 Å². The molecule has 0 saturated carbocycles. The minimum atomic E-state index is -0.385. The van der Waals surface area contributed by atoms with Crippen molar-refractivity contribution in [1.29, 1.82) is 0 Å². The van der Waals surface area contributed by atoms with E-state index in [1.54, 1.807) is 30.3 Å². The van der Waals surface area contributed by atoms with Gasteiger partial charge in [-0.1, -0.05) is 17.7 Å². The maximum absolute atomic E-state index is 12.9. The van der Waals surface area contributed by atoms with Gasteiger partial charge in [0.2, 0.25) is 0 Å². The molecule has 5 heteroatoms. The zero-order chi connectivity index (χ0) is 13.0. The van der Waals surface area contributed by atoms with Crippen LogP contribution >= 0.6 is 23.4 Å². The number of rotatable bonds is 2. The number of thioether (sulfide) groups is 1. The molecule has 0 heterocycles. The first-order valence-corrected chi connectivity index (χ1v) is 6.33. The molecule has 0 saturated heterocycles. The van der Waals surface area contributed by atoms with Gasteiger partial charge in [-0.3, -0.25) is 4.79 Å². The van der Waals surface area contributed by atoms with Crippen molar-refractivity contribution < 1.29 is 9.18 Å². The summed E-state index contributed by atoms with van der Waals surface area (Å²) < 4.78 is 12.9. The van der Waals surface area contributed by atoms with Crippen LogP contribution in [0, 0.1) is 5.82 Å². The molecule has 0 aromatic heterocycles. The third kappa shape index (κ3) is 3.75. The van der Waals surface area contributed by atoms with Crippen molar-refractivity contribution in [3.63, 3.8) is 0 Å². The minimum Gasteiger partial charge on any atom is -0.316 e. The van der Waals surface area contributed by atoms with Crippen LogP contribution in [0.3, 0.4) is 0 Å². The fourth-order valence-electron chi connectivity index (χ4n) is 1.32. The molecule has 92 valence electrons. The molecule has 0 unspecified atom stereocenters. The van der Waals surface area contributed by atoms with Crippen LogP contribution in [-0.2, 0) is 0 Å². The van der Waals surface area contributed by atoms with Crippen molar-refractivity contribution in [3.8, 4) is 0 Å². The second-order valence-corrected chi connectivity index (χ2v) is 4.96. The van der Waals surface area contributed by atoms with Gasteiger partial charge in [-0.2, -0.15) is 0 Å². The van der Waals surface area contributed by atoms with E-state index in [0.717, 1.165) is 16.7 Å². The highest BCUT2D eigenvalue weighted by Gasteiger charge is 2.05. The summed E-state index contributed by atoms with van der Waals surface area (Å²) in [6.45, 7) is 0. The van der Waals surface area contributed by atoms with Crippen molar-refractivity contribution >= 4 is 34.3 Å². The van der Waals surface area contributed by atoms with E-state index < -0.39 is 0 Å². The highest BCUT2D eigenvalue weighted by Crippen LogP contribution is 2.22. The van der Waals surface area contributed by atoms with Crippen LogP contribution in [-0.4, -0.2) is 5.24 Å². The molecule has 2 aromatic rings. The fourth-order valence-corrected chi connectivity index (χ4v) is 2.10. The molecule has 2 rings (SSSR count). The summed E-state index contributed by atoms with van der Waals surface area (Å²) in [5.74, 6) is -0.385. The van der Waals surface area contributed by atoms with E-state index in [1.807, 2.05) is 0 Å². The van der Waals surface area contributed by atoms with E-state index >= 15 is 0 Å². The molecule has 18 heavy (non-hydrogen) atoms. The lowest BCUT2D eigenvalue weighted by Gasteiger charge is -2.04. The van der Waals surface area contributed by atoms with Gasteiger partial charge in [0, 0.05) is 15.6 Å². The average molecular weight is 282 g/mol. The summed E-state index contributed by atoms with van der Waals surface area (Å²) in [6.07, 6.45) is 0. The second-order valence-electron chi connectivity index (χ2n) is 3.48. The predicted octanol–water partition coefficient (Wildman–Crippen LogP) is 4.80. The number of nitrogens with one attached hydrogen (secondary N) is 1. The number of halogens is 2. The zero-order valence-corrected chi connectivity index (χ0v) is 10.8. The lowest BCUT2D eigenvalue weighted by molar-refractivity contribution is 0.270. The quantitative estimate of drug-likeness (QED) is 0.801. The van der Waals surface area contributed by atoms with E-state index in [9.17, 15) is 9.18 Å². The molecule has 2 aromatic carbocycles. The fraction of sp³-hybridized carbons (Fsp3) is 0. The first-order chi connectivity index (χ1) is 8.63. The van der Waals surface area contributed by atoms with Gasteiger partial charge in [0.05, 0.1) is 0 Å². The van der Waals surface area contributed by atoms with Crippen LogP contribution < -0.4 is 5.32 Å². The number of hydrogen-bond acceptors (Lipinski definition) is 2. The van der Waals surface area contributed by atoms with Gasteiger partial charge >= 0.3 is 0 Å². The Morgan fingerprint density at radius 2 is 1.89 bits per heavy atom. The predicted molar refractivity (Wildman–Crippen MR) is 72.7 cm³/mol. The normalized spacial score (nSPS) is 10.1. The summed E-state index contributed by atoms with van der Waals surface area (Å²) in [7, 11) is 0. The molecule has 1 N–H and O–H groups in total. The monoisotopic (exact) mass is 281 g/mol. The molecule has 0 aliphatic carbocycles. The Labute approximate surface area is 113 Å².